The van der Waals surface area contributed by atoms with E-state index >= 15 is 0 Å². The van der Waals surface area contributed by atoms with Crippen LogP contribution in [0.4, 0.5) is 4.79 Å². The first-order valence-electron chi connectivity index (χ1n) is 7.75. The van der Waals surface area contributed by atoms with E-state index < -0.39 is 15.7 Å². The van der Waals surface area contributed by atoms with E-state index in [1.54, 1.807) is 4.90 Å². The van der Waals surface area contributed by atoms with E-state index in [0.29, 0.717) is 13.1 Å². The first-order chi connectivity index (χ1) is 9.89. The quantitative estimate of drug-likeness (QED) is 0.726. The Kier molecular flexibility index (Phi) is 4.52. The lowest BCUT2D eigenvalue weighted by molar-refractivity contribution is -0.0748. The van der Waals surface area contributed by atoms with Crippen molar-refractivity contribution in [2.45, 2.75) is 58.7 Å². The molecule has 1 saturated carbocycles. The van der Waals surface area contributed by atoms with Crippen molar-refractivity contribution >= 4 is 16.2 Å². The number of hydrogen-bond donors (Lipinski definition) is 0. The highest BCUT2D eigenvalue weighted by atomic mass is 32.2. The summed E-state index contributed by atoms with van der Waals surface area (Å²) in [4.78, 5) is 13.7. The molecule has 128 valence electrons. The van der Waals surface area contributed by atoms with Gasteiger partial charge in [0.1, 0.15) is 5.60 Å². The average Bonchev–Trinajstić information content (AvgIpc) is 2.24. The van der Waals surface area contributed by atoms with Gasteiger partial charge in [0.2, 0.25) is 0 Å². The van der Waals surface area contributed by atoms with Crippen molar-refractivity contribution < 1.29 is 22.1 Å². The number of likely N-dealkylation sites (tertiary alicyclic amines) is 1. The fraction of sp³-hybridized carbons (Fsp3) is 0.933. The maximum atomic E-state index is 12.0. The van der Waals surface area contributed by atoms with Gasteiger partial charge in [0.05, 0.1) is 12.4 Å². The topological polar surface area (TPSA) is 72.9 Å². The number of carbonyl (C=O) groups excluding carboxylic acids is 1. The highest BCUT2D eigenvalue weighted by Gasteiger charge is 2.50. The second-order valence-corrected chi connectivity index (χ2v) is 9.50. The summed E-state index contributed by atoms with van der Waals surface area (Å²) >= 11 is 0. The van der Waals surface area contributed by atoms with Crippen molar-refractivity contribution in [3.63, 3.8) is 0 Å². The second kappa shape index (κ2) is 5.67. The maximum Gasteiger partial charge on any atom is 0.410 e. The van der Waals surface area contributed by atoms with E-state index in [0.717, 1.165) is 25.5 Å². The summed E-state index contributed by atoms with van der Waals surface area (Å²) < 4.78 is 33.1. The molecule has 0 aromatic heterocycles. The largest absolute Gasteiger partial charge is 0.444 e. The summed E-state index contributed by atoms with van der Waals surface area (Å²) in [6, 6.07) is 0. The van der Waals surface area contributed by atoms with Gasteiger partial charge in [-0.2, -0.15) is 8.42 Å². The molecule has 0 aromatic carbocycles. The fourth-order valence-electron chi connectivity index (χ4n) is 3.52. The third-order valence-corrected chi connectivity index (χ3v) is 4.95. The van der Waals surface area contributed by atoms with E-state index in [1.807, 2.05) is 27.7 Å². The van der Waals surface area contributed by atoms with Crippen LogP contribution in [-0.4, -0.2) is 50.5 Å². The molecule has 0 radical (unpaired) electrons. The van der Waals surface area contributed by atoms with Crippen LogP contribution in [0.2, 0.25) is 0 Å². The van der Waals surface area contributed by atoms with Crippen LogP contribution in [0.25, 0.3) is 0 Å². The molecule has 1 aliphatic carbocycles. The predicted molar refractivity (Wildman–Crippen MR) is 83.0 cm³/mol. The molecule has 1 heterocycles. The third-order valence-electron chi connectivity index (χ3n) is 4.35. The van der Waals surface area contributed by atoms with Crippen LogP contribution in [0.1, 0.15) is 47.0 Å². The van der Waals surface area contributed by atoms with Crippen molar-refractivity contribution in [2.75, 3.05) is 19.3 Å². The van der Waals surface area contributed by atoms with Gasteiger partial charge in [0, 0.05) is 18.5 Å². The lowest BCUT2D eigenvalue weighted by Gasteiger charge is -2.54. The van der Waals surface area contributed by atoms with Gasteiger partial charge in [0.25, 0.3) is 10.1 Å². The van der Waals surface area contributed by atoms with E-state index in [9.17, 15) is 13.2 Å². The van der Waals surface area contributed by atoms with Crippen molar-refractivity contribution in [3.8, 4) is 0 Å². The van der Waals surface area contributed by atoms with Gasteiger partial charge in [-0.05, 0) is 46.0 Å². The van der Waals surface area contributed by atoms with Gasteiger partial charge in [-0.3, -0.25) is 4.18 Å². The van der Waals surface area contributed by atoms with E-state index in [4.69, 9.17) is 8.92 Å². The summed E-state index contributed by atoms with van der Waals surface area (Å²) in [5.41, 5.74) is -0.373. The minimum absolute atomic E-state index is 0.105. The molecule has 0 bridgehead atoms. The fourth-order valence-corrected chi connectivity index (χ4v) is 4.26. The number of hydrogen-bond acceptors (Lipinski definition) is 5. The maximum absolute atomic E-state index is 12.0. The molecule has 1 saturated heterocycles. The first kappa shape index (κ1) is 17.5. The van der Waals surface area contributed by atoms with Gasteiger partial charge in [-0.1, -0.05) is 6.92 Å². The van der Waals surface area contributed by atoms with Gasteiger partial charge in [-0.15, -0.1) is 0 Å². The summed E-state index contributed by atoms with van der Waals surface area (Å²) in [5.74, 6) is 0.171. The smallest absolute Gasteiger partial charge is 0.410 e. The van der Waals surface area contributed by atoms with Crippen molar-refractivity contribution in [1.29, 1.82) is 0 Å². The second-order valence-electron chi connectivity index (χ2n) is 7.90. The molecule has 1 spiro atoms. The number of rotatable bonds is 2. The molecule has 1 amide bonds. The van der Waals surface area contributed by atoms with Crippen molar-refractivity contribution in [2.24, 2.45) is 11.3 Å². The Labute approximate surface area is 133 Å². The Morgan fingerprint density at radius 2 is 1.86 bits per heavy atom. The summed E-state index contributed by atoms with van der Waals surface area (Å²) in [6.07, 6.45) is 3.08. The van der Waals surface area contributed by atoms with E-state index in [1.165, 1.54) is 0 Å². The summed E-state index contributed by atoms with van der Waals surface area (Å²) in [7, 11) is -3.41. The summed E-state index contributed by atoms with van der Waals surface area (Å²) in [6.45, 7) is 8.98. The third kappa shape index (κ3) is 4.35. The zero-order chi connectivity index (χ0) is 16.8. The standard InChI is InChI=1S/C15H27NO5S/c1-11-8-15(7-6-12(11)21-22(5,18)19)9-16(10-15)13(17)20-14(2,3)4/h11-12H,6-10H2,1-5H3/t11-,12+/m1/s1. The van der Waals surface area contributed by atoms with Crippen LogP contribution >= 0.6 is 0 Å². The molecule has 1 aliphatic heterocycles. The SMILES string of the molecule is C[C@@H]1CC2(CC[C@@H]1OS(C)(=O)=O)CN(C(=O)OC(C)(C)C)C2. The van der Waals surface area contributed by atoms with Crippen LogP contribution in [0.5, 0.6) is 0 Å². The van der Waals surface area contributed by atoms with Crippen LogP contribution < -0.4 is 0 Å². The molecule has 2 rings (SSSR count). The van der Waals surface area contributed by atoms with Gasteiger partial charge in [-0.25, -0.2) is 4.79 Å². The van der Waals surface area contributed by atoms with E-state index in [-0.39, 0.29) is 23.5 Å². The molecule has 0 N–H and O–H groups in total. The van der Waals surface area contributed by atoms with Crippen LogP contribution in [0.15, 0.2) is 0 Å². The Hall–Kier alpha value is -0.820. The molecular weight excluding hydrogens is 306 g/mol. The molecule has 7 heteroatoms. The van der Waals surface area contributed by atoms with Gasteiger partial charge < -0.3 is 9.64 Å². The number of ether oxygens (including phenoxy) is 1. The zero-order valence-corrected chi connectivity index (χ0v) is 14.9. The molecule has 2 atom stereocenters. The zero-order valence-electron chi connectivity index (χ0n) is 14.1. The predicted octanol–water partition coefficient (Wildman–Crippen LogP) is 2.39. The first-order valence-corrected chi connectivity index (χ1v) is 9.57. The highest BCUT2D eigenvalue weighted by molar-refractivity contribution is 7.86. The Morgan fingerprint density at radius 1 is 1.27 bits per heavy atom. The highest BCUT2D eigenvalue weighted by Crippen LogP contribution is 2.47. The molecular formula is C15H27NO5S. The summed E-state index contributed by atoms with van der Waals surface area (Å²) in [5, 5.41) is 0. The Bertz CT molecular complexity index is 531. The van der Waals surface area contributed by atoms with Crippen LogP contribution in [0, 0.1) is 11.3 Å². The minimum Gasteiger partial charge on any atom is -0.444 e. The average molecular weight is 333 g/mol. The Balaban J connectivity index is 1.86. The molecule has 2 fully saturated rings. The molecule has 22 heavy (non-hydrogen) atoms. The lowest BCUT2D eigenvalue weighted by atomic mass is 9.64. The van der Waals surface area contributed by atoms with Crippen LogP contribution in [0.3, 0.4) is 0 Å². The molecule has 2 aliphatic rings. The monoisotopic (exact) mass is 333 g/mol. The van der Waals surface area contributed by atoms with E-state index in [2.05, 4.69) is 0 Å². The van der Waals surface area contributed by atoms with Crippen molar-refractivity contribution in [1.82, 2.24) is 4.90 Å². The number of carbonyl (C=O) groups is 1. The van der Waals surface area contributed by atoms with Crippen molar-refractivity contribution in [3.05, 3.63) is 0 Å². The van der Waals surface area contributed by atoms with Crippen LogP contribution in [-0.2, 0) is 19.0 Å². The Morgan fingerprint density at radius 3 is 2.32 bits per heavy atom. The lowest BCUT2D eigenvalue weighted by Crippen LogP contribution is -2.61. The number of nitrogens with zero attached hydrogens (tertiary/aromatic N) is 1. The number of amides is 1. The molecule has 6 nitrogen and oxygen atoms in total. The minimum atomic E-state index is -3.41. The normalized spacial score (nSPS) is 28.3. The van der Waals surface area contributed by atoms with Gasteiger partial charge >= 0.3 is 6.09 Å². The molecule has 0 aromatic rings. The van der Waals surface area contributed by atoms with Gasteiger partial charge in [0.15, 0.2) is 0 Å². The molecule has 0 unspecified atom stereocenters.